The quantitative estimate of drug-likeness (QED) is 0.890. The first-order valence-electron chi connectivity index (χ1n) is 7.10. The van der Waals surface area contributed by atoms with Crippen LogP contribution in [0.4, 0.5) is 0 Å². The van der Waals surface area contributed by atoms with Crippen molar-refractivity contribution in [2.24, 2.45) is 5.92 Å². The Morgan fingerprint density at radius 2 is 1.86 bits per heavy atom. The molecule has 1 aliphatic carbocycles. The molecule has 1 unspecified atom stereocenters. The Balaban J connectivity index is 1.90. The van der Waals surface area contributed by atoms with Crippen LogP contribution in [0.1, 0.15) is 19.8 Å². The molecule has 0 saturated heterocycles. The molecule has 0 aromatic heterocycles. The third kappa shape index (κ3) is 2.95. The predicted octanol–water partition coefficient (Wildman–Crippen LogP) is 2.28. The topological polar surface area (TPSA) is 66.4 Å². The summed E-state index contributed by atoms with van der Waals surface area (Å²) < 4.78 is 27.6. The van der Waals surface area contributed by atoms with E-state index in [9.17, 15) is 13.5 Å². The van der Waals surface area contributed by atoms with Gasteiger partial charge in [0.05, 0.1) is 10.5 Å². The van der Waals surface area contributed by atoms with E-state index in [-0.39, 0.29) is 17.4 Å². The summed E-state index contributed by atoms with van der Waals surface area (Å²) >= 11 is 0. The number of benzene rings is 2. The summed E-state index contributed by atoms with van der Waals surface area (Å²) in [6.45, 7) is 1.74. The third-order valence-corrected chi connectivity index (χ3v) is 5.58. The number of hydrogen-bond donors (Lipinski definition) is 2. The molecule has 21 heavy (non-hydrogen) atoms. The van der Waals surface area contributed by atoms with Crippen molar-refractivity contribution < 1.29 is 13.5 Å². The number of hydrogen-bond acceptors (Lipinski definition) is 3. The zero-order valence-corrected chi connectivity index (χ0v) is 12.7. The van der Waals surface area contributed by atoms with E-state index in [1.165, 1.54) is 0 Å². The molecule has 1 aliphatic rings. The van der Waals surface area contributed by atoms with Crippen LogP contribution in [0, 0.1) is 5.92 Å². The summed E-state index contributed by atoms with van der Waals surface area (Å²) in [7, 11) is -3.64. The van der Waals surface area contributed by atoms with Gasteiger partial charge < -0.3 is 5.11 Å². The van der Waals surface area contributed by atoms with Crippen LogP contribution in [-0.2, 0) is 10.0 Å². The zero-order chi connectivity index (χ0) is 15.1. The van der Waals surface area contributed by atoms with Gasteiger partial charge in [0.1, 0.15) is 0 Å². The molecule has 3 rings (SSSR count). The van der Waals surface area contributed by atoms with Crippen LogP contribution >= 0.6 is 0 Å². The number of aliphatic hydroxyl groups is 1. The Morgan fingerprint density at radius 1 is 1.19 bits per heavy atom. The van der Waals surface area contributed by atoms with Gasteiger partial charge in [-0.2, -0.15) is 0 Å². The maximum atomic E-state index is 12.5. The van der Waals surface area contributed by atoms with E-state index in [2.05, 4.69) is 4.72 Å². The van der Waals surface area contributed by atoms with Crippen molar-refractivity contribution in [1.29, 1.82) is 0 Å². The first-order chi connectivity index (χ1) is 9.90. The smallest absolute Gasteiger partial charge is 0.241 e. The maximum Gasteiger partial charge on any atom is 0.241 e. The molecule has 2 aromatic rings. The highest BCUT2D eigenvalue weighted by Crippen LogP contribution is 2.39. The molecule has 2 aromatic carbocycles. The SMILES string of the molecule is CC(O)(CNS(=O)(=O)c1cccc2ccccc12)C1CC1. The molecule has 0 bridgehead atoms. The van der Waals surface area contributed by atoms with Gasteiger partial charge >= 0.3 is 0 Å². The van der Waals surface area contributed by atoms with E-state index in [1.54, 1.807) is 25.1 Å². The maximum absolute atomic E-state index is 12.5. The van der Waals surface area contributed by atoms with E-state index in [1.807, 2.05) is 24.3 Å². The van der Waals surface area contributed by atoms with Gasteiger partial charge in [-0.3, -0.25) is 0 Å². The molecule has 4 nitrogen and oxygen atoms in total. The van der Waals surface area contributed by atoms with E-state index in [0.29, 0.717) is 5.39 Å². The fourth-order valence-corrected chi connectivity index (χ4v) is 3.97. The molecule has 0 heterocycles. The van der Waals surface area contributed by atoms with Crippen LogP contribution < -0.4 is 4.72 Å². The molecule has 0 spiro atoms. The third-order valence-electron chi connectivity index (χ3n) is 4.12. The van der Waals surface area contributed by atoms with Crippen LogP contribution in [0.3, 0.4) is 0 Å². The van der Waals surface area contributed by atoms with Crippen LogP contribution in [0.25, 0.3) is 10.8 Å². The second-order valence-electron chi connectivity index (χ2n) is 5.93. The van der Waals surface area contributed by atoms with Gasteiger partial charge in [0, 0.05) is 11.9 Å². The zero-order valence-electron chi connectivity index (χ0n) is 11.9. The molecule has 0 amide bonds. The Labute approximate surface area is 124 Å². The molecule has 0 aliphatic heterocycles. The van der Waals surface area contributed by atoms with Gasteiger partial charge in [-0.25, -0.2) is 13.1 Å². The van der Waals surface area contributed by atoms with Crippen LogP contribution in [0.5, 0.6) is 0 Å². The summed E-state index contributed by atoms with van der Waals surface area (Å²) in [6, 6.07) is 12.6. The largest absolute Gasteiger partial charge is 0.389 e. The second kappa shape index (κ2) is 5.09. The van der Waals surface area contributed by atoms with Crippen molar-refractivity contribution in [2.45, 2.75) is 30.3 Å². The molecule has 112 valence electrons. The summed E-state index contributed by atoms with van der Waals surface area (Å²) in [4.78, 5) is 0.257. The van der Waals surface area contributed by atoms with E-state index >= 15 is 0 Å². The van der Waals surface area contributed by atoms with E-state index in [4.69, 9.17) is 0 Å². The highest BCUT2D eigenvalue weighted by Gasteiger charge is 2.40. The van der Waals surface area contributed by atoms with Gasteiger partial charge in [0.15, 0.2) is 0 Å². The standard InChI is InChI=1S/C16H19NO3S/c1-16(18,13-9-10-13)11-17-21(19,20)15-8-4-6-12-5-2-3-7-14(12)15/h2-8,13,17-18H,9-11H2,1H3. The Morgan fingerprint density at radius 3 is 2.57 bits per heavy atom. The minimum absolute atomic E-state index is 0.0449. The molecule has 0 radical (unpaired) electrons. The summed E-state index contributed by atoms with van der Waals surface area (Å²) in [5, 5.41) is 11.8. The number of sulfonamides is 1. The molecular formula is C16H19NO3S. The normalized spacial score (nSPS) is 18.6. The lowest BCUT2D eigenvalue weighted by atomic mass is 10.0. The molecule has 1 fully saturated rings. The lowest BCUT2D eigenvalue weighted by Gasteiger charge is -2.23. The first kappa shape index (κ1) is 14.5. The fraction of sp³-hybridized carbons (Fsp3) is 0.375. The van der Waals surface area contributed by atoms with Gasteiger partial charge in [-0.1, -0.05) is 36.4 Å². The lowest BCUT2D eigenvalue weighted by Crippen LogP contribution is -2.42. The number of fused-ring (bicyclic) bond motifs is 1. The van der Waals surface area contributed by atoms with Crippen molar-refractivity contribution in [3.63, 3.8) is 0 Å². The Kier molecular flexibility index (Phi) is 3.51. The average Bonchev–Trinajstić information content (AvgIpc) is 3.30. The molecule has 1 saturated carbocycles. The summed E-state index contributed by atoms with van der Waals surface area (Å²) in [5.41, 5.74) is -0.975. The van der Waals surface area contributed by atoms with Crippen molar-refractivity contribution in [2.75, 3.05) is 6.54 Å². The van der Waals surface area contributed by atoms with Crippen LogP contribution in [0.15, 0.2) is 47.4 Å². The predicted molar refractivity (Wildman–Crippen MR) is 82.5 cm³/mol. The minimum atomic E-state index is -3.64. The minimum Gasteiger partial charge on any atom is -0.389 e. The van der Waals surface area contributed by atoms with Crippen LogP contribution in [0.2, 0.25) is 0 Å². The number of rotatable bonds is 5. The van der Waals surface area contributed by atoms with E-state index < -0.39 is 15.6 Å². The highest BCUT2D eigenvalue weighted by atomic mass is 32.2. The van der Waals surface area contributed by atoms with E-state index in [0.717, 1.165) is 18.2 Å². The highest BCUT2D eigenvalue weighted by molar-refractivity contribution is 7.89. The fourth-order valence-electron chi connectivity index (χ4n) is 2.60. The van der Waals surface area contributed by atoms with Crippen molar-refractivity contribution >= 4 is 20.8 Å². The summed E-state index contributed by atoms with van der Waals surface area (Å²) in [6.07, 6.45) is 1.92. The van der Waals surface area contributed by atoms with Gasteiger partial charge in [-0.05, 0) is 37.1 Å². The summed E-state index contributed by atoms with van der Waals surface area (Å²) in [5.74, 6) is 0.202. The molecular weight excluding hydrogens is 286 g/mol. The Bertz CT molecular complexity index is 759. The molecule has 5 heteroatoms. The van der Waals surface area contributed by atoms with Crippen molar-refractivity contribution in [3.8, 4) is 0 Å². The second-order valence-corrected chi connectivity index (χ2v) is 7.67. The first-order valence-corrected chi connectivity index (χ1v) is 8.58. The van der Waals surface area contributed by atoms with Crippen LogP contribution in [-0.4, -0.2) is 25.7 Å². The monoisotopic (exact) mass is 305 g/mol. The van der Waals surface area contributed by atoms with Crippen molar-refractivity contribution in [1.82, 2.24) is 4.72 Å². The lowest BCUT2D eigenvalue weighted by molar-refractivity contribution is 0.0422. The number of nitrogens with one attached hydrogen (secondary N) is 1. The molecule has 2 N–H and O–H groups in total. The Hall–Kier alpha value is -1.43. The van der Waals surface area contributed by atoms with Gasteiger partial charge in [0.25, 0.3) is 0 Å². The average molecular weight is 305 g/mol. The van der Waals surface area contributed by atoms with Gasteiger partial charge in [0.2, 0.25) is 10.0 Å². The van der Waals surface area contributed by atoms with Gasteiger partial charge in [-0.15, -0.1) is 0 Å². The molecule has 1 atom stereocenters. The van der Waals surface area contributed by atoms with Crippen molar-refractivity contribution in [3.05, 3.63) is 42.5 Å².